The van der Waals surface area contributed by atoms with Gasteiger partial charge in [0.05, 0.1) is 17.4 Å². The van der Waals surface area contributed by atoms with Gasteiger partial charge in [0.2, 0.25) is 10.0 Å². The summed E-state index contributed by atoms with van der Waals surface area (Å²) >= 11 is 0. The number of carbonyl (C=O) groups excluding carboxylic acids is 1. The molecule has 0 radical (unpaired) electrons. The van der Waals surface area contributed by atoms with E-state index in [4.69, 9.17) is 10.00 Å². The highest BCUT2D eigenvalue weighted by atomic mass is 32.2. The second-order valence-electron chi connectivity index (χ2n) is 7.73. The van der Waals surface area contributed by atoms with Gasteiger partial charge in [-0.15, -0.1) is 0 Å². The number of amides is 1. The van der Waals surface area contributed by atoms with E-state index >= 15 is 0 Å². The molecule has 1 unspecified atom stereocenters. The summed E-state index contributed by atoms with van der Waals surface area (Å²) < 4.78 is 32.4. The van der Waals surface area contributed by atoms with E-state index in [1.807, 2.05) is 6.07 Å². The Balaban J connectivity index is 1.98. The Morgan fingerprint density at radius 1 is 1.33 bits per heavy atom. The van der Waals surface area contributed by atoms with Crippen LogP contribution in [0.5, 0.6) is 0 Å². The number of piperidine rings is 1. The highest BCUT2D eigenvalue weighted by Crippen LogP contribution is 2.24. The first-order valence-corrected chi connectivity index (χ1v) is 10.5. The Morgan fingerprint density at radius 3 is 2.59 bits per heavy atom. The Kier molecular flexibility index (Phi) is 6.84. The van der Waals surface area contributed by atoms with Crippen molar-refractivity contribution in [1.29, 1.82) is 5.26 Å². The molecule has 27 heavy (non-hydrogen) atoms. The molecule has 1 aliphatic heterocycles. The van der Waals surface area contributed by atoms with Gasteiger partial charge in [-0.1, -0.05) is 12.1 Å². The topological polar surface area (TPSA) is 99.5 Å². The van der Waals surface area contributed by atoms with Crippen molar-refractivity contribution in [3.63, 3.8) is 0 Å². The Morgan fingerprint density at radius 2 is 2.00 bits per heavy atom. The summed E-state index contributed by atoms with van der Waals surface area (Å²) in [5.41, 5.74) is 0.221. The molecule has 1 aromatic rings. The van der Waals surface area contributed by atoms with Crippen molar-refractivity contribution >= 4 is 16.1 Å². The lowest BCUT2D eigenvalue weighted by atomic mass is 10.00. The Labute approximate surface area is 161 Å². The van der Waals surface area contributed by atoms with E-state index in [9.17, 15) is 13.2 Å². The molecule has 1 amide bonds. The molecule has 1 N–H and O–H groups in total. The first-order chi connectivity index (χ1) is 12.6. The number of nitrogens with one attached hydrogen (secondary N) is 1. The van der Waals surface area contributed by atoms with Crippen LogP contribution in [0.3, 0.4) is 0 Å². The van der Waals surface area contributed by atoms with Gasteiger partial charge in [0.25, 0.3) is 0 Å². The Hall–Kier alpha value is -2.11. The highest BCUT2D eigenvalue weighted by molar-refractivity contribution is 7.89. The zero-order chi connectivity index (χ0) is 20.1. The molecule has 1 aliphatic rings. The molecule has 1 aromatic carbocycles. The number of hydrogen-bond acceptors (Lipinski definition) is 5. The second kappa shape index (κ2) is 8.72. The smallest absolute Gasteiger partial charge is 0.407 e. The van der Waals surface area contributed by atoms with Crippen LogP contribution < -0.4 is 5.32 Å². The molecular weight excluding hydrogens is 366 g/mol. The van der Waals surface area contributed by atoms with Crippen molar-refractivity contribution in [2.75, 3.05) is 19.6 Å². The quantitative estimate of drug-likeness (QED) is 0.829. The molecule has 0 bridgehead atoms. The molecular formula is C19H27N3O4S. The first kappa shape index (κ1) is 21.2. The number of benzene rings is 1. The molecule has 7 nitrogen and oxygen atoms in total. The van der Waals surface area contributed by atoms with E-state index in [1.165, 1.54) is 4.31 Å². The normalized spacial score (nSPS) is 18.5. The Bertz CT molecular complexity index is 792. The van der Waals surface area contributed by atoms with Crippen molar-refractivity contribution in [3.05, 3.63) is 29.8 Å². The third kappa shape index (κ3) is 6.22. The zero-order valence-corrected chi connectivity index (χ0v) is 16.9. The molecule has 0 aromatic heterocycles. The number of rotatable bonds is 5. The maximum absolute atomic E-state index is 12.9. The van der Waals surface area contributed by atoms with E-state index in [0.29, 0.717) is 19.6 Å². The summed E-state index contributed by atoms with van der Waals surface area (Å²) in [6.07, 6.45) is 1.35. The number of carbonyl (C=O) groups is 1. The number of alkyl carbamates (subject to hydrolysis) is 1. The minimum Gasteiger partial charge on any atom is -0.444 e. The number of nitrogens with zero attached hydrogens (tertiary/aromatic N) is 2. The molecule has 0 saturated carbocycles. The summed E-state index contributed by atoms with van der Waals surface area (Å²) in [4.78, 5) is 12.0. The van der Waals surface area contributed by atoms with Crippen LogP contribution >= 0.6 is 0 Å². The van der Waals surface area contributed by atoms with E-state index in [2.05, 4.69) is 5.32 Å². The zero-order valence-electron chi connectivity index (χ0n) is 16.1. The molecule has 1 heterocycles. The van der Waals surface area contributed by atoms with Crippen LogP contribution in [-0.2, 0) is 21.2 Å². The lowest BCUT2D eigenvalue weighted by Crippen LogP contribution is -2.44. The largest absolute Gasteiger partial charge is 0.444 e. The number of ether oxygens (including phenoxy) is 1. The first-order valence-electron chi connectivity index (χ1n) is 9.05. The maximum atomic E-state index is 12.9. The lowest BCUT2D eigenvalue weighted by Gasteiger charge is -2.32. The van der Waals surface area contributed by atoms with Gasteiger partial charge in [0, 0.05) is 19.6 Å². The summed E-state index contributed by atoms with van der Waals surface area (Å²) in [5.74, 6) is 0.0407. The predicted molar refractivity (Wildman–Crippen MR) is 101 cm³/mol. The minimum atomic E-state index is -3.59. The van der Waals surface area contributed by atoms with Gasteiger partial charge >= 0.3 is 6.09 Å². The fraction of sp³-hybridized carbons (Fsp3) is 0.579. The monoisotopic (exact) mass is 393 g/mol. The second-order valence-corrected chi connectivity index (χ2v) is 9.67. The van der Waals surface area contributed by atoms with Crippen LogP contribution in [0.2, 0.25) is 0 Å². The molecule has 1 fully saturated rings. The highest BCUT2D eigenvalue weighted by Gasteiger charge is 2.30. The average molecular weight is 394 g/mol. The van der Waals surface area contributed by atoms with E-state index < -0.39 is 21.7 Å². The molecule has 1 saturated heterocycles. The molecule has 8 heteroatoms. The van der Waals surface area contributed by atoms with Crippen molar-refractivity contribution in [2.45, 2.75) is 50.5 Å². The van der Waals surface area contributed by atoms with E-state index in [-0.39, 0.29) is 17.2 Å². The molecule has 0 spiro atoms. The number of hydrogen-bond donors (Lipinski definition) is 1. The molecule has 1 atom stereocenters. The van der Waals surface area contributed by atoms with Crippen LogP contribution in [0.25, 0.3) is 0 Å². The predicted octanol–water partition coefficient (Wildman–Crippen LogP) is 2.68. The van der Waals surface area contributed by atoms with E-state index in [1.54, 1.807) is 45.0 Å². The third-order valence-electron chi connectivity index (χ3n) is 4.26. The fourth-order valence-corrected chi connectivity index (χ4v) is 4.53. The summed E-state index contributed by atoms with van der Waals surface area (Å²) in [5, 5.41) is 11.4. The molecule has 0 aliphatic carbocycles. The third-order valence-corrected chi connectivity index (χ3v) is 6.14. The molecule has 2 rings (SSSR count). The molecule has 148 valence electrons. The van der Waals surface area contributed by atoms with E-state index in [0.717, 1.165) is 18.4 Å². The summed E-state index contributed by atoms with van der Waals surface area (Å²) in [7, 11) is -3.59. The van der Waals surface area contributed by atoms with Crippen molar-refractivity contribution in [1.82, 2.24) is 9.62 Å². The van der Waals surface area contributed by atoms with Crippen molar-refractivity contribution in [2.24, 2.45) is 5.92 Å². The van der Waals surface area contributed by atoms with Crippen LogP contribution in [0, 0.1) is 17.2 Å². The van der Waals surface area contributed by atoms with Crippen LogP contribution in [0.15, 0.2) is 29.2 Å². The number of sulfonamides is 1. The van der Waals surface area contributed by atoms with Gasteiger partial charge in [-0.25, -0.2) is 13.2 Å². The number of nitriles is 1. The van der Waals surface area contributed by atoms with Gasteiger partial charge in [0.15, 0.2) is 0 Å². The summed E-state index contributed by atoms with van der Waals surface area (Å²) in [6.45, 7) is 6.58. The van der Waals surface area contributed by atoms with Crippen LogP contribution in [-0.4, -0.2) is 44.1 Å². The maximum Gasteiger partial charge on any atom is 0.407 e. The van der Waals surface area contributed by atoms with Crippen LogP contribution in [0.4, 0.5) is 4.79 Å². The standard InChI is InChI=1S/C19H27N3O4S/c1-19(2,3)26-18(23)21-13-16-5-4-12-22(14-16)27(24,25)17-8-6-15(7-9-17)10-11-20/h6-9,16H,4-5,10,12-14H2,1-3H3,(H,21,23). The minimum absolute atomic E-state index is 0.0407. The van der Waals surface area contributed by atoms with Crippen molar-refractivity contribution in [3.8, 4) is 6.07 Å². The van der Waals surface area contributed by atoms with Gasteiger partial charge in [0.1, 0.15) is 5.60 Å². The summed E-state index contributed by atoms with van der Waals surface area (Å²) in [6, 6.07) is 8.47. The van der Waals surface area contributed by atoms with Gasteiger partial charge in [-0.2, -0.15) is 9.57 Å². The average Bonchev–Trinajstić information content (AvgIpc) is 2.59. The van der Waals surface area contributed by atoms with Gasteiger partial charge in [-0.05, 0) is 57.2 Å². The van der Waals surface area contributed by atoms with Gasteiger partial charge < -0.3 is 10.1 Å². The van der Waals surface area contributed by atoms with Gasteiger partial charge in [-0.3, -0.25) is 0 Å². The van der Waals surface area contributed by atoms with Crippen LogP contribution in [0.1, 0.15) is 39.2 Å². The van der Waals surface area contributed by atoms with Crippen molar-refractivity contribution < 1.29 is 17.9 Å². The lowest BCUT2D eigenvalue weighted by molar-refractivity contribution is 0.0513. The SMILES string of the molecule is CC(C)(C)OC(=O)NCC1CCCN(S(=O)(=O)c2ccc(CC#N)cc2)C1. The fourth-order valence-electron chi connectivity index (χ4n) is 2.97.